The van der Waals surface area contributed by atoms with E-state index in [4.69, 9.17) is 9.47 Å². The zero-order chi connectivity index (χ0) is 24.5. The highest BCUT2D eigenvalue weighted by Gasteiger charge is 2.75. The predicted molar refractivity (Wildman–Crippen MR) is 131 cm³/mol. The fourth-order valence-corrected chi connectivity index (χ4v) is 10.7. The number of carbonyl (C=O) groups is 2. The van der Waals surface area contributed by atoms with E-state index in [1.807, 2.05) is 6.92 Å². The molecule has 2 aliphatic heterocycles. The molecule has 4 aliphatic carbocycles. The molecule has 0 amide bonds. The zero-order valence-corrected chi connectivity index (χ0v) is 22.4. The number of ketones is 1. The monoisotopic (exact) mass is 468 g/mol. The second-order valence-electron chi connectivity index (χ2n) is 14.4. The topological polar surface area (TPSA) is 52.6 Å². The third-order valence-corrected chi connectivity index (χ3v) is 12.8. The summed E-state index contributed by atoms with van der Waals surface area (Å²) in [4.78, 5) is 25.2. The lowest BCUT2D eigenvalue weighted by Gasteiger charge is -2.64. The van der Waals surface area contributed by atoms with Gasteiger partial charge in [0.1, 0.15) is 5.78 Å². The van der Waals surface area contributed by atoms with Gasteiger partial charge in [0.05, 0.1) is 11.5 Å². The van der Waals surface area contributed by atoms with Crippen molar-refractivity contribution < 1.29 is 19.1 Å². The van der Waals surface area contributed by atoms with E-state index in [1.54, 1.807) is 5.57 Å². The average Bonchev–Trinajstić information content (AvgIpc) is 3.28. The van der Waals surface area contributed by atoms with Gasteiger partial charge in [0.25, 0.3) is 0 Å². The van der Waals surface area contributed by atoms with E-state index < -0.39 is 5.79 Å². The SMILES string of the molecule is C[C@@H]1C[C@]2(C[C@@H](C)[C@@]3(CC[C@@]4(C)C5=CC[C@H]6C(C)(C)C(=O)CC[C@]6(C)[C@@H]5CC[C@@]43C)O2)OC1=O. The molecule has 0 aromatic heterocycles. The summed E-state index contributed by atoms with van der Waals surface area (Å²) in [7, 11) is 0. The van der Waals surface area contributed by atoms with Crippen molar-refractivity contribution in [1.82, 2.24) is 0 Å². The Bertz CT molecular complexity index is 996. The van der Waals surface area contributed by atoms with Crippen LogP contribution < -0.4 is 0 Å². The maximum atomic E-state index is 12.9. The molecule has 6 rings (SSSR count). The van der Waals surface area contributed by atoms with Crippen LogP contribution in [0, 0.1) is 45.3 Å². The van der Waals surface area contributed by atoms with E-state index in [2.05, 4.69) is 47.6 Å². The minimum atomic E-state index is -0.715. The van der Waals surface area contributed by atoms with Gasteiger partial charge in [0, 0.05) is 30.1 Å². The Morgan fingerprint density at radius 3 is 2.35 bits per heavy atom. The number of carbonyl (C=O) groups excluding carboxylic acids is 2. The third-order valence-electron chi connectivity index (χ3n) is 12.8. The minimum absolute atomic E-state index is 0.0205. The predicted octanol–water partition coefficient (Wildman–Crippen LogP) is 6.62. The second kappa shape index (κ2) is 6.58. The van der Waals surface area contributed by atoms with Crippen LogP contribution in [0.25, 0.3) is 0 Å². The molecule has 0 aromatic carbocycles. The molecule has 6 aliphatic rings. The van der Waals surface area contributed by atoms with Gasteiger partial charge in [0.15, 0.2) is 0 Å². The van der Waals surface area contributed by atoms with Crippen LogP contribution in [0.15, 0.2) is 11.6 Å². The first-order valence-electron chi connectivity index (χ1n) is 13.9. The first-order chi connectivity index (χ1) is 15.7. The van der Waals surface area contributed by atoms with Crippen LogP contribution in [0.1, 0.15) is 106 Å². The van der Waals surface area contributed by atoms with Crippen molar-refractivity contribution in [2.75, 3.05) is 0 Å². The first-order valence-corrected chi connectivity index (χ1v) is 13.9. The molecule has 2 spiro atoms. The summed E-state index contributed by atoms with van der Waals surface area (Å²) in [5.74, 6) is 0.929. The Labute approximate surface area is 205 Å². The van der Waals surface area contributed by atoms with Gasteiger partial charge >= 0.3 is 5.97 Å². The molecule has 0 unspecified atom stereocenters. The van der Waals surface area contributed by atoms with E-state index in [9.17, 15) is 9.59 Å². The van der Waals surface area contributed by atoms with E-state index in [0.29, 0.717) is 30.0 Å². The lowest BCUT2D eigenvalue weighted by Crippen LogP contribution is -2.60. The van der Waals surface area contributed by atoms with Crippen LogP contribution in [0.5, 0.6) is 0 Å². The molecule has 0 bridgehead atoms. The van der Waals surface area contributed by atoms with E-state index in [-0.39, 0.29) is 39.1 Å². The van der Waals surface area contributed by atoms with Gasteiger partial charge in [-0.25, -0.2) is 0 Å². The van der Waals surface area contributed by atoms with E-state index >= 15 is 0 Å². The molecular weight excluding hydrogens is 424 g/mol. The normalized spacial score (nSPS) is 55.7. The van der Waals surface area contributed by atoms with Crippen molar-refractivity contribution >= 4 is 11.8 Å². The molecule has 4 heteroatoms. The summed E-state index contributed by atoms with van der Waals surface area (Å²) in [6.45, 7) is 16.2. The van der Waals surface area contributed by atoms with Crippen molar-refractivity contribution in [3.8, 4) is 0 Å². The van der Waals surface area contributed by atoms with Gasteiger partial charge in [-0.1, -0.05) is 60.1 Å². The number of allylic oxidation sites excluding steroid dienone is 2. The van der Waals surface area contributed by atoms with E-state index in [0.717, 1.165) is 44.9 Å². The third kappa shape index (κ3) is 2.45. The Balaban J connectivity index is 1.39. The highest BCUT2D eigenvalue weighted by Crippen LogP contribution is 2.76. The maximum Gasteiger partial charge on any atom is 0.311 e. The molecule has 2 saturated heterocycles. The molecule has 9 atom stereocenters. The van der Waals surface area contributed by atoms with Crippen LogP contribution >= 0.6 is 0 Å². The number of esters is 1. The smallest absolute Gasteiger partial charge is 0.311 e. The van der Waals surface area contributed by atoms with Crippen LogP contribution in [0.3, 0.4) is 0 Å². The Morgan fingerprint density at radius 1 is 0.941 bits per heavy atom. The summed E-state index contributed by atoms with van der Waals surface area (Å²) in [5, 5.41) is 0. The zero-order valence-electron chi connectivity index (χ0n) is 22.4. The van der Waals surface area contributed by atoms with Gasteiger partial charge in [-0.3, -0.25) is 9.59 Å². The van der Waals surface area contributed by atoms with Crippen LogP contribution in [0.2, 0.25) is 0 Å². The first kappa shape index (κ1) is 23.3. The number of Topliss-reactive ketones (excluding diaryl/α,β-unsaturated/α-hetero) is 1. The number of fused-ring (bicyclic) bond motifs is 6. The average molecular weight is 469 g/mol. The molecule has 4 nitrogen and oxygen atoms in total. The summed E-state index contributed by atoms with van der Waals surface area (Å²) in [5.41, 5.74) is 1.50. The summed E-state index contributed by atoms with van der Waals surface area (Å²) >= 11 is 0. The summed E-state index contributed by atoms with van der Waals surface area (Å²) in [6.07, 6.45) is 11.4. The molecule has 3 saturated carbocycles. The van der Waals surface area contributed by atoms with Crippen LogP contribution in [0.4, 0.5) is 0 Å². The van der Waals surface area contributed by atoms with Crippen molar-refractivity contribution in [2.45, 2.75) is 118 Å². The maximum absolute atomic E-state index is 12.9. The fourth-order valence-electron chi connectivity index (χ4n) is 10.7. The van der Waals surface area contributed by atoms with E-state index in [1.165, 1.54) is 6.42 Å². The molecule has 34 heavy (non-hydrogen) atoms. The second-order valence-corrected chi connectivity index (χ2v) is 14.4. The Morgan fingerprint density at radius 2 is 1.68 bits per heavy atom. The molecule has 0 aromatic rings. The summed E-state index contributed by atoms with van der Waals surface area (Å²) < 4.78 is 13.0. The lowest BCUT2D eigenvalue weighted by atomic mass is 9.40. The summed E-state index contributed by atoms with van der Waals surface area (Å²) in [6, 6.07) is 0. The highest BCUT2D eigenvalue weighted by molar-refractivity contribution is 5.85. The quantitative estimate of drug-likeness (QED) is 0.296. The molecule has 0 radical (unpaired) electrons. The number of ether oxygens (including phenoxy) is 2. The van der Waals surface area contributed by atoms with Gasteiger partial charge < -0.3 is 9.47 Å². The standard InChI is InChI=1S/C30H44O4/c1-18-16-29(33-24(18)32)17-19(2)30(34-29)15-14-27(6)21-8-9-22-25(3,4)23(31)11-12-26(22,5)20(21)10-13-28(27,30)7/h8,18-20,22H,9-17H2,1-7H3/t18-,19-,20-,22+,26-,27+,28+,29+,30-/m1/s1. The highest BCUT2D eigenvalue weighted by atomic mass is 16.7. The molecule has 5 fully saturated rings. The Kier molecular flexibility index (Phi) is 4.50. The molecular formula is C30H44O4. The van der Waals surface area contributed by atoms with Crippen molar-refractivity contribution in [2.24, 2.45) is 45.3 Å². The van der Waals surface area contributed by atoms with Crippen molar-refractivity contribution in [3.05, 3.63) is 11.6 Å². The number of hydrogen-bond acceptors (Lipinski definition) is 4. The number of hydrogen-bond donors (Lipinski definition) is 0. The molecule has 188 valence electrons. The van der Waals surface area contributed by atoms with Crippen molar-refractivity contribution in [1.29, 1.82) is 0 Å². The van der Waals surface area contributed by atoms with Gasteiger partial charge in [-0.15, -0.1) is 0 Å². The van der Waals surface area contributed by atoms with Crippen LogP contribution in [-0.4, -0.2) is 23.1 Å². The minimum Gasteiger partial charge on any atom is -0.433 e. The number of rotatable bonds is 0. The Hall–Kier alpha value is -1.16. The van der Waals surface area contributed by atoms with Crippen LogP contribution in [-0.2, 0) is 19.1 Å². The lowest BCUT2D eigenvalue weighted by molar-refractivity contribution is -0.257. The van der Waals surface area contributed by atoms with Gasteiger partial charge in [-0.2, -0.15) is 0 Å². The van der Waals surface area contributed by atoms with Crippen molar-refractivity contribution in [3.63, 3.8) is 0 Å². The molecule has 2 heterocycles. The fraction of sp³-hybridized carbons (Fsp3) is 0.867. The van der Waals surface area contributed by atoms with Gasteiger partial charge in [-0.05, 0) is 67.1 Å². The largest absolute Gasteiger partial charge is 0.433 e. The molecule has 0 N–H and O–H groups in total. The van der Waals surface area contributed by atoms with Gasteiger partial charge in [0.2, 0.25) is 5.79 Å².